The molecule has 3 aromatic carbocycles. The van der Waals surface area contributed by atoms with E-state index in [4.69, 9.17) is 9.47 Å². The molecular weight excluding hydrogens is 428 g/mol. The molecular formula is C24H24N2O5S. The second-order valence-electron chi connectivity index (χ2n) is 7.61. The van der Waals surface area contributed by atoms with Gasteiger partial charge in [-0.05, 0) is 67.9 Å². The molecule has 1 aliphatic heterocycles. The van der Waals surface area contributed by atoms with Crippen molar-refractivity contribution in [2.45, 2.75) is 24.8 Å². The van der Waals surface area contributed by atoms with Crippen molar-refractivity contribution in [3.05, 3.63) is 78.4 Å². The molecule has 0 aromatic heterocycles. The van der Waals surface area contributed by atoms with Crippen molar-refractivity contribution in [2.75, 3.05) is 22.8 Å². The van der Waals surface area contributed by atoms with E-state index in [1.54, 1.807) is 36.4 Å². The second kappa shape index (κ2) is 8.92. The summed E-state index contributed by atoms with van der Waals surface area (Å²) in [4.78, 5) is 12.3. The van der Waals surface area contributed by atoms with Gasteiger partial charge in [0.15, 0.2) is 6.61 Å². The summed E-state index contributed by atoms with van der Waals surface area (Å²) in [5, 5.41) is 2.72. The van der Waals surface area contributed by atoms with Crippen LogP contribution in [0.4, 0.5) is 11.4 Å². The number of benzene rings is 3. The van der Waals surface area contributed by atoms with Gasteiger partial charge in [-0.25, -0.2) is 8.42 Å². The lowest BCUT2D eigenvalue weighted by molar-refractivity contribution is -0.118. The summed E-state index contributed by atoms with van der Waals surface area (Å²) in [5.74, 6) is 0.812. The van der Waals surface area contributed by atoms with Gasteiger partial charge in [-0.15, -0.1) is 0 Å². The lowest BCUT2D eigenvalue weighted by Gasteiger charge is -2.34. The average Bonchev–Trinajstić information content (AvgIpc) is 2.77. The van der Waals surface area contributed by atoms with Crippen molar-refractivity contribution in [3.8, 4) is 11.5 Å². The Kier molecular flexibility index (Phi) is 6.05. The van der Waals surface area contributed by atoms with Crippen LogP contribution in [-0.4, -0.2) is 33.6 Å². The number of rotatable bonds is 6. The molecule has 1 atom stereocenters. The molecule has 7 nitrogen and oxygen atoms in total. The maximum absolute atomic E-state index is 13.3. The molecule has 1 heterocycles. The molecule has 0 radical (unpaired) electrons. The fourth-order valence-corrected chi connectivity index (χ4v) is 5.02. The number of hydrogen-bond acceptors (Lipinski definition) is 5. The van der Waals surface area contributed by atoms with Crippen molar-refractivity contribution in [3.63, 3.8) is 0 Å². The molecule has 0 bridgehead atoms. The largest absolute Gasteiger partial charge is 0.487 e. The number of sulfonamides is 1. The number of carbonyl (C=O) groups is 1. The number of para-hydroxylation sites is 2. The SMILES string of the molecule is Cc1cccc(OCC(=O)Nc2ccc(S(=O)(=O)N3C[C@H](C)Oc4ccccc43)cc2)c1. The highest BCUT2D eigenvalue weighted by molar-refractivity contribution is 7.92. The van der Waals surface area contributed by atoms with Crippen molar-refractivity contribution in [1.29, 1.82) is 0 Å². The number of amides is 1. The number of hydrogen-bond donors (Lipinski definition) is 1. The average molecular weight is 453 g/mol. The summed E-state index contributed by atoms with van der Waals surface area (Å²) in [6.45, 7) is 3.84. The Hall–Kier alpha value is -3.52. The highest BCUT2D eigenvalue weighted by Crippen LogP contribution is 2.36. The van der Waals surface area contributed by atoms with Gasteiger partial charge in [0.25, 0.3) is 15.9 Å². The van der Waals surface area contributed by atoms with Gasteiger partial charge in [-0.2, -0.15) is 0 Å². The van der Waals surface area contributed by atoms with E-state index in [2.05, 4.69) is 5.32 Å². The topological polar surface area (TPSA) is 84.9 Å². The quantitative estimate of drug-likeness (QED) is 0.611. The van der Waals surface area contributed by atoms with E-state index in [1.165, 1.54) is 16.4 Å². The Balaban J connectivity index is 1.44. The summed E-state index contributed by atoms with van der Waals surface area (Å²) in [7, 11) is -3.79. The van der Waals surface area contributed by atoms with Crippen LogP contribution in [0.3, 0.4) is 0 Å². The molecule has 3 aromatic rings. The van der Waals surface area contributed by atoms with Crippen LogP contribution in [0.2, 0.25) is 0 Å². The zero-order chi connectivity index (χ0) is 22.7. The van der Waals surface area contributed by atoms with Gasteiger partial charge in [-0.3, -0.25) is 9.10 Å². The minimum absolute atomic E-state index is 0.135. The molecule has 0 spiro atoms. The number of carbonyl (C=O) groups excluding carboxylic acids is 1. The smallest absolute Gasteiger partial charge is 0.264 e. The molecule has 8 heteroatoms. The lowest BCUT2D eigenvalue weighted by Crippen LogP contribution is -2.42. The van der Waals surface area contributed by atoms with Crippen LogP contribution in [0.5, 0.6) is 11.5 Å². The normalized spacial score (nSPS) is 15.4. The number of anilines is 2. The standard InChI is InChI=1S/C24H24N2O5S/c1-17-6-5-7-20(14-17)30-16-24(27)25-19-10-12-21(13-11-19)32(28,29)26-15-18(2)31-23-9-4-3-8-22(23)26/h3-14,18H,15-16H2,1-2H3,(H,25,27)/t18-/m0/s1. The third-order valence-corrected chi connectivity index (χ3v) is 6.76. The first-order chi connectivity index (χ1) is 15.3. The maximum Gasteiger partial charge on any atom is 0.264 e. The van der Waals surface area contributed by atoms with Crippen LogP contribution >= 0.6 is 0 Å². The highest BCUT2D eigenvalue weighted by Gasteiger charge is 2.32. The van der Waals surface area contributed by atoms with Gasteiger partial charge in [0.2, 0.25) is 0 Å². The first-order valence-corrected chi connectivity index (χ1v) is 11.6. The van der Waals surface area contributed by atoms with Gasteiger partial charge in [0.05, 0.1) is 17.1 Å². The summed E-state index contributed by atoms with van der Waals surface area (Å²) in [6.07, 6.45) is -0.272. The van der Waals surface area contributed by atoms with Crippen LogP contribution in [0.25, 0.3) is 0 Å². The van der Waals surface area contributed by atoms with E-state index in [1.807, 2.05) is 38.1 Å². The Morgan fingerprint density at radius 1 is 1.09 bits per heavy atom. The fourth-order valence-electron chi connectivity index (χ4n) is 3.46. The Morgan fingerprint density at radius 3 is 2.59 bits per heavy atom. The number of ether oxygens (including phenoxy) is 2. The van der Waals surface area contributed by atoms with Gasteiger partial charge in [0, 0.05) is 5.69 Å². The number of nitrogens with zero attached hydrogens (tertiary/aromatic N) is 1. The number of fused-ring (bicyclic) bond motifs is 1. The molecule has 0 saturated heterocycles. The van der Waals surface area contributed by atoms with Gasteiger partial charge in [0.1, 0.15) is 17.6 Å². The third-order valence-electron chi connectivity index (χ3n) is 4.97. The van der Waals surface area contributed by atoms with Gasteiger partial charge in [-0.1, -0.05) is 24.3 Å². The van der Waals surface area contributed by atoms with E-state index in [0.29, 0.717) is 22.9 Å². The van der Waals surface area contributed by atoms with Crippen molar-refractivity contribution in [1.82, 2.24) is 0 Å². The molecule has 0 unspecified atom stereocenters. The van der Waals surface area contributed by atoms with Crippen molar-refractivity contribution in [2.24, 2.45) is 0 Å². The Morgan fingerprint density at radius 2 is 1.84 bits per heavy atom. The molecule has 1 aliphatic rings. The molecule has 0 fully saturated rings. The van der Waals surface area contributed by atoms with Crippen LogP contribution in [0.1, 0.15) is 12.5 Å². The van der Waals surface area contributed by atoms with E-state index < -0.39 is 10.0 Å². The van der Waals surface area contributed by atoms with Crippen LogP contribution in [-0.2, 0) is 14.8 Å². The first kappa shape index (κ1) is 21.7. The minimum atomic E-state index is -3.79. The summed E-state index contributed by atoms with van der Waals surface area (Å²) in [5.41, 5.74) is 2.03. The van der Waals surface area contributed by atoms with E-state index in [0.717, 1.165) is 5.56 Å². The van der Waals surface area contributed by atoms with Gasteiger partial charge < -0.3 is 14.8 Å². The highest BCUT2D eigenvalue weighted by atomic mass is 32.2. The zero-order valence-electron chi connectivity index (χ0n) is 17.8. The maximum atomic E-state index is 13.3. The van der Waals surface area contributed by atoms with E-state index in [9.17, 15) is 13.2 Å². The van der Waals surface area contributed by atoms with Crippen LogP contribution in [0.15, 0.2) is 77.7 Å². The predicted octanol–water partition coefficient (Wildman–Crippen LogP) is 3.99. The van der Waals surface area contributed by atoms with E-state index in [-0.39, 0.29) is 30.1 Å². The predicted molar refractivity (Wildman–Crippen MR) is 123 cm³/mol. The molecule has 0 saturated carbocycles. The Bertz CT molecular complexity index is 1230. The van der Waals surface area contributed by atoms with Crippen LogP contribution < -0.4 is 19.1 Å². The van der Waals surface area contributed by atoms with Crippen LogP contribution in [0, 0.1) is 6.92 Å². The molecule has 1 N–H and O–H groups in total. The number of nitrogens with one attached hydrogen (secondary N) is 1. The second-order valence-corrected chi connectivity index (χ2v) is 9.47. The summed E-state index contributed by atoms with van der Waals surface area (Å²) >= 11 is 0. The molecule has 166 valence electrons. The fraction of sp³-hybridized carbons (Fsp3) is 0.208. The van der Waals surface area contributed by atoms with Crippen molar-refractivity contribution < 1.29 is 22.7 Å². The lowest BCUT2D eigenvalue weighted by atomic mass is 10.2. The summed E-state index contributed by atoms with van der Waals surface area (Å²) < 4.78 is 39.2. The molecule has 32 heavy (non-hydrogen) atoms. The van der Waals surface area contributed by atoms with E-state index >= 15 is 0 Å². The minimum Gasteiger partial charge on any atom is -0.487 e. The molecule has 4 rings (SSSR count). The zero-order valence-corrected chi connectivity index (χ0v) is 18.6. The number of aryl methyl sites for hydroxylation is 1. The summed E-state index contributed by atoms with van der Waals surface area (Å²) in [6, 6.07) is 20.6. The Labute approximate surface area is 187 Å². The monoisotopic (exact) mass is 452 g/mol. The van der Waals surface area contributed by atoms with Gasteiger partial charge >= 0.3 is 0 Å². The first-order valence-electron chi connectivity index (χ1n) is 10.2. The molecule has 0 aliphatic carbocycles. The third kappa shape index (κ3) is 4.70. The molecule has 1 amide bonds. The van der Waals surface area contributed by atoms with Crippen molar-refractivity contribution >= 4 is 27.3 Å².